The Hall–Kier alpha value is -1.11. The third kappa shape index (κ3) is 2.21. The molecule has 1 aliphatic heterocycles. The number of nitrogens with zero attached hydrogens (tertiary/aromatic N) is 2. The van der Waals surface area contributed by atoms with Crippen LogP contribution in [0, 0.1) is 0 Å². The molecule has 106 valence electrons. The zero-order chi connectivity index (χ0) is 14.3. The Labute approximate surface area is 127 Å². The number of aryl methyl sites for hydroxylation is 1. The van der Waals surface area contributed by atoms with E-state index in [-0.39, 0.29) is 14.7 Å². The smallest absolute Gasteiger partial charge is 0.263 e. The van der Waals surface area contributed by atoms with E-state index in [0.29, 0.717) is 0 Å². The lowest BCUT2D eigenvalue weighted by Gasteiger charge is -2.35. The zero-order valence-corrected chi connectivity index (χ0v) is 13.2. The molecule has 0 N–H and O–H groups in total. The topological polar surface area (TPSA) is 50.3 Å². The third-order valence-electron chi connectivity index (χ3n) is 3.43. The maximum Gasteiger partial charge on any atom is 0.275 e. The number of hydrogen-bond donors (Lipinski definition) is 0. The summed E-state index contributed by atoms with van der Waals surface area (Å²) >= 11 is 6.76. The molecule has 20 heavy (non-hydrogen) atoms. The average molecular weight is 329 g/mol. The lowest BCUT2D eigenvalue weighted by Crippen LogP contribution is -2.41. The summed E-state index contributed by atoms with van der Waals surface area (Å²) in [5.41, 5.74) is 1.82. The first kappa shape index (κ1) is 13.9. The SMILES string of the molecule is CC1CCc2ccccc2N1S(=O)(=O)c1cnc(Cl)s1. The zero-order valence-electron chi connectivity index (χ0n) is 10.8. The van der Waals surface area contributed by atoms with Crippen LogP contribution in [0.1, 0.15) is 18.9 Å². The van der Waals surface area contributed by atoms with Crippen LogP contribution < -0.4 is 4.31 Å². The number of anilines is 1. The second kappa shape index (κ2) is 5.02. The Bertz CT molecular complexity index is 742. The van der Waals surface area contributed by atoms with Crippen molar-refractivity contribution in [2.24, 2.45) is 0 Å². The van der Waals surface area contributed by atoms with Crippen LogP contribution in [0.4, 0.5) is 5.69 Å². The van der Waals surface area contributed by atoms with Crippen LogP contribution in [-0.2, 0) is 16.4 Å². The van der Waals surface area contributed by atoms with E-state index in [4.69, 9.17) is 11.6 Å². The van der Waals surface area contributed by atoms with Crippen LogP contribution in [-0.4, -0.2) is 19.4 Å². The minimum atomic E-state index is -3.60. The molecule has 2 aromatic rings. The Morgan fingerprint density at radius 3 is 2.85 bits per heavy atom. The van der Waals surface area contributed by atoms with Crippen LogP contribution in [0.5, 0.6) is 0 Å². The van der Waals surface area contributed by atoms with Gasteiger partial charge in [0.1, 0.15) is 0 Å². The minimum absolute atomic E-state index is 0.0734. The van der Waals surface area contributed by atoms with Crippen molar-refractivity contribution in [1.82, 2.24) is 4.98 Å². The quantitative estimate of drug-likeness (QED) is 0.849. The lowest BCUT2D eigenvalue weighted by atomic mass is 9.99. The molecule has 0 aliphatic carbocycles. The van der Waals surface area contributed by atoms with E-state index in [0.717, 1.165) is 35.4 Å². The number of fused-ring (bicyclic) bond motifs is 1. The molecule has 0 fully saturated rings. The van der Waals surface area contributed by atoms with Gasteiger partial charge in [0.2, 0.25) is 0 Å². The Morgan fingerprint density at radius 2 is 2.15 bits per heavy atom. The molecule has 1 aromatic carbocycles. The highest BCUT2D eigenvalue weighted by Gasteiger charge is 2.34. The monoisotopic (exact) mass is 328 g/mol. The van der Waals surface area contributed by atoms with Gasteiger partial charge in [0.05, 0.1) is 11.9 Å². The fourth-order valence-corrected chi connectivity index (χ4v) is 5.59. The number of aromatic nitrogens is 1. The van der Waals surface area contributed by atoms with Gasteiger partial charge in [-0.25, -0.2) is 13.4 Å². The highest BCUT2D eigenvalue weighted by Crippen LogP contribution is 2.36. The molecule has 0 saturated heterocycles. The van der Waals surface area contributed by atoms with Crippen molar-refractivity contribution in [2.45, 2.75) is 30.0 Å². The normalized spacial score (nSPS) is 18.9. The van der Waals surface area contributed by atoms with Gasteiger partial charge in [0.15, 0.2) is 8.68 Å². The third-order valence-corrected chi connectivity index (χ3v) is 6.91. The molecule has 0 radical (unpaired) electrons. The highest BCUT2D eigenvalue weighted by atomic mass is 35.5. The molecule has 1 aromatic heterocycles. The molecule has 0 saturated carbocycles. The van der Waals surface area contributed by atoms with Gasteiger partial charge >= 0.3 is 0 Å². The van der Waals surface area contributed by atoms with Gasteiger partial charge in [-0.05, 0) is 31.4 Å². The summed E-state index contributed by atoms with van der Waals surface area (Å²) < 4.78 is 27.5. The Morgan fingerprint density at radius 1 is 1.40 bits per heavy atom. The van der Waals surface area contributed by atoms with Crippen LogP contribution >= 0.6 is 22.9 Å². The van der Waals surface area contributed by atoms with Gasteiger partial charge in [-0.3, -0.25) is 4.31 Å². The Balaban J connectivity index is 2.13. The number of thiazole rings is 1. The van der Waals surface area contributed by atoms with E-state index in [1.165, 1.54) is 10.5 Å². The van der Waals surface area contributed by atoms with Crippen molar-refractivity contribution in [1.29, 1.82) is 0 Å². The average Bonchev–Trinajstić information content (AvgIpc) is 2.85. The number of para-hydroxylation sites is 1. The predicted octanol–water partition coefficient (Wildman–Crippen LogP) is 3.33. The van der Waals surface area contributed by atoms with E-state index in [2.05, 4.69) is 4.98 Å². The number of benzene rings is 1. The van der Waals surface area contributed by atoms with Crippen molar-refractivity contribution in [2.75, 3.05) is 4.31 Å². The molecular formula is C13H13ClN2O2S2. The van der Waals surface area contributed by atoms with Crippen molar-refractivity contribution in [3.8, 4) is 0 Å². The minimum Gasteiger partial charge on any atom is -0.263 e. The molecular weight excluding hydrogens is 316 g/mol. The fourth-order valence-electron chi connectivity index (χ4n) is 2.48. The van der Waals surface area contributed by atoms with E-state index in [1.54, 1.807) is 0 Å². The Kier molecular flexibility index (Phi) is 3.48. The number of hydrogen-bond acceptors (Lipinski definition) is 4. The predicted molar refractivity (Wildman–Crippen MR) is 81.0 cm³/mol. The summed E-state index contributed by atoms with van der Waals surface area (Å²) in [6, 6.07) is 7.55. The maximum absolute atomic E-state index is 12.8. The molecule has 0 bridgehead atoms. The van der Waals surface area contributed by atoms with Crippen LogP contribution in [0.3, 0.4) is 0 Å². The first-order chi connectivity index (χ1) is 9.50. The van der Waals surface area contributed by atoms with Gasteiger partial charge < -0.3 is 0 Å². The number of rotatable bonds is 2. The molecule has 1 atom stereocenters. The number of halogens is 1. The molecule has 0 spiro atoms. The van der Waals surface area contributed by atoms with Gasteiger partial charge in [-0.1, -0.05) is 41.1 Å². The van der Waals surface area contributed by atoms with E-state index in [1.807, 2.05) is 31.2 Å². The van der Waals surface area contributed by atoms with Crippen molar-refractivity contribution < 1.29 is 8.42 Å². The van der Waals surface area contributed by atoms with Gasteiger partial charge in [0.25, 0.3) is 10.0 Å². The summed E-state index contributed by atoms with van der Waals surface area (Å²) in [6.07, 6.45) is 3.03. The lowest BCUT2D eigenvalue weighted by molar-refractivity contribution is 0.564. The van der Waals surface area contributed by atoms with Gasteiger partial charge in [-0.2, -0.15) is 0 Å². The fraction of sp³-hybridized carbons (Fsp3) is 0.308. The summed E-state index contributed by atoms with van der Waals surface area (Å²) in [7, 11) is -3.60. The molecule has 3 rings (SSSR count). The van der Waals surface area contributed by atoms with E-state index < -0.39 is 10.0 Å². The van der Waals surface area contributed by atoms with E-state index >= 15 is 0 Å². The van der Waals surface area contributed by atoms with Gasteiger partial charge in [-0.15, -0.1) is 0 Å². The largest absolute Gasteiger partial charge is 0.275 e. The van der Waals surface area contributed by atoms with Crippen LogP contribution in [0.25, 0.3) is 0 Å². The second-order valence-electron chi connectivity index (χ2n) is 4.75. The summed E-state index contributed by atoms with van der Waals surface area (Å²) in [6.45, 7) is 1.93. The molecule has 1 unspecified atom stereocenters. The van der Waals surface area contributed by atoms with Gasteiger partial charge in [0, 0.05) is 6.04 Å². The van der Waals surface area contributed by atoms with Crippen molar-refractivity contribution in [3.63, 3.8) is 0 Å². The summed E-state index contributed by atoms with van der Waals surface area (Å²) in [4.78, 5) is 3.84. The number of sulfonamides is 1. The first-order valence-corrected chi connectivity index (χ1v) is 8.87. The summed E-state index contributed by atoms with van der Waals surface area (Å²) in [5.74, 6) is 0. The summed E-state index contributed by atoms with van der Waals surface area (Å²) in [5, 5.41) is 0. The molecule has 1 aliphatic rings. The van der Waals surface area contributed by atoms with Crippen molar-refractivity contribution >= 4 is 38.6 Å². The molecule has 2 heterocycles. The molecule has 4 nitrogen and oxygen atoms in total. The van der Waals surface area contributed by atoms with Crippen molar-refractivity contribution in [3.05, 3.63) is 40.5 Å². The molecule has 7 heteroatoms. The molecule has 0 amide bonds. The maximum atomic E-state index is 12.8. The van der Waals surface area contributed by atoms with Crippen LogP contribution in [0.2, 0.25) is 4.47 Å². The second-order valence-corrected chi connectivity index (χ2v) is 8.40. The van der Waals surface area contributed by atoms with Crippen LogP contribution in [0.15, 0.2) is 34.7 Å². The first-order valence-electron chi connectivity index (χ1n) is 6.24. The standard InChI is InChI=1S/C13H13ClN2O2S2/c1-9-6-7-10-4-2-3-5-11(10)16(9)20(17,18)12-8-15-13(14)19-12/h2-5,8-9H,6-7H2,1H3. The van der Waals surface area contributed by atoms with E-state index in [9.17, 15) is 8.42 Å². The highest BCUT2D eigenvalue weighted by molar-refractivity contribution is 7.94.